The van der Waals surface area contributed by atoms with Gasteiger partial charge in [0.2, 0.25) is 0 Å². The van der Waals surface area contributed by atoms with E-state index in [1.54, 1.807) is 0 Å². The van der Waals surface area contributed by atoms with E-state index in [4.69, 9.17) is 4.74 Å². The van der Waals surface area contributed by atoms with Gasteiger partial charge in [0.15, 0.2) is 0 Å². The molecule has 3 rings (SSSR count). The Morgan fingerprint density at radius 2 is 2.29 bits per heavy atom. The van der Waals surface area contributed by atoms with Crippen LogP contribution in [0.25, 0.3) is 0 Å². The van der Waals surface area contributed by atoms with Gasteiger partial charge in [-0.05, 0) is 43.7 Å². The Kier molecular flexibility index (Phi) is 4.04. The van der Waals surface area contributed by atoms with E-state index in [0.717, 1.165) is 35.4 Å². The predicted octanol–water partition coefficient (Wildman–Crippen LogP) is 2.93. The highest BCUT2D eigenvalue weighted by molar-refractivity contribution is 9.10. The number of aromatic nitrogens is 2. The summed E-state index contributed by atoms with van der Waals surface area (Å²) in [6, 6.07) is 4.57. The summed E-state index contributed by atoms with van der Waals surface area (Å²) in [5.74, 6) is 1.07. The van der Waals surface area contributed by atoms with Gasteiger partial charge in [-0.25, -0.2) is 0 Å². The molecule has 1 atom stereocenters. The molecule has 0 saturated heterocycles. The van der Waals surface area contributed by atoms with Gasteiger partial charge in [-0.15, -0.1) is 0 Å². The van der Waals surface area contributed by atoms with Gasteiger partial charge in [-0.3, -0.25) is 4.68 Å². The van der Waals surface area contributed by atoms with Gasteiger partial charge in [0, 0.05) is 35.7 Å². The van der Waals surface area contributed by atoms with Crippen molar-refractivity contribution in [1.82, 2.24) is 15.1 Å². The fourth-order valence-corrected chi connectivity index (χ4v) is 3.60. The zero-order valence-electron chi connectivity index (χ0n) is 12.6. The lowest BCUT2D eigenvalue weighted by molar-refractivity contribution is 0.352. The smallest absolute Gasteiger partial charge is 0.125 e. The van der Waals surface area contributed by atoms with Gasteiger partial charge >= 0.3 is 0 Å². The molecule has 1 aliphatic rings. The molecule has 0 aliphatic carbocycles. The van der Waals surface area contributed by atoms with Crippen molar-refractivity contribution < 1.29 is 4.74 Å². The highest BCUT2D eigenvalue weighted by Crippen LogP contribution is 2.35. The van der Waals surface area contributed by atoms with Gasteiger partial charge in [0.05, 0.1) is 12.3 Å². The monoisotopic (exact) mass is 349 g/mol. The lowest BCUT2D eigenvalue weighted by Crippen LogP contribution is -2.19. The summed E-state index contributed by atoms with van der Waals surface area (Å²) in [6.45, 7) is 2.84. The molecule has 0 fully saturated rings. The predicted molar refractivity (Wildman–Crippen MR) is 86.8 cm³/mol. The van der Waals surface area contributed by atoms with Gasteiger partial charge in [0.25, 0.3) is 0 Å². The van der Waals surface area contributed by atoms with E-state index in [-0.39, 0.29) is 6.04 Å². The van der Waals surface area contributed by atoms with Crippen molar-refractivity contribution in [3.05, 3.63) is 45.2 Å². The zero-order chi connectivity index (χ0) is 15.0. The molecule has 2 heterocycles. The summed E-state index contributed by atoms with van der Waals surface area (Å²) in [5.41, 5.74) is 4.87. The lowest BCUT2D eigenvalue weighted by atomic mass is 9.97. The van der Waals surface area contributed by atoms with E-state index < -0.39 is 0 Å². The molecular formula is C16H20BrN3O. The average molecular weight is 350 g/mol. The van der Waals surface area contributed by atoms with Crippen LogP contribution in [-0.2, 0) is 19.9 Å². The number of benzene rings is 1. The lowest BCUT2D eigenvalue weighted by Gasteiger charge is -2.18. The summed E-state index contributed by atoms with van der Waals surface area (Å²) in [7, 11) is 3.96. The van der Waals surface area contributed by atoms with Crippen molar-refractivity contribution in [1.29, 1.82) is 0 Å². The molecule has 1 unspecified atom stereocenters. The number of nitrogens with zero attached hydrogens (tertiary/aromatic N) is 2. The second kappa shape index (κ2) is 5.81. The van der Waals surface area contributed by atoms with E-state index in [1.165, 1.54) is 16.7 Å². The Bertz CT molecular complexity index is 666. The fourth-order valence-electron chi connectivity index (χ4n) is 3.05. The summed E-state index contributed by atoms with van der Waals surface area (Å²) >= 11 is 3.61. The quantitative estimate of drug-likeness (QED) is 0.922. The number of likely N-dealkylation sites (N-methyl/N-ethyl adjacent to an activating group) is 1. The maximum Gasteiger partial charge on any atom is 0.125 e. The molecule has 1 aromatic heterocycles. The van der Waals surface area contributed by atoms with E-state index >= 15 is 0 Å². The second-order valence-corrected chi connectivity index (χ2v) is 6.46. The number of ether oxygens (including phenoxy) is 1. The van der Waals surface area contributed by atoms with Crippen LogP contribution in [0.4, 0.5) is 0 Å². The van der Waals surface area contributed by atoms with Crippen LogP contribution in [0, 0.1) is 6.92 Å². The second-order valence-electron chi connectivity index (χ2n) is 5.54. The number of nitrogens with one attached hydrogen (secondary N) is 1. The van der Waals surface area contributed by atoms with Gasteiger partial charge < -0.3 is 10.1 Å². The van der Waals surface area contributed by atoms with Crippen molar-refractivity contribution >= 4 is 15.9 Å². The van der Waals surface area contributed by atoms with E-state index in [2.05, 4.69) is 51.6 Å². The zero-order valence-corrected chi connectivity index (χ0v) is 14.2. The molecule has 0 saturated carbocycles. The Balaban J connectivity index is 1.93. The minimum atomic E-state index is 0.237. The van der Waals surface area contributed by atoms with Gasteiger partial charge in [-0.2, -0.15) is 5.10 Å². The number of hydrogen-bond acceptors (Lipinski definition) is 3. The van der Waals surface area contributed by atoms with E-state index in [1.807, 2.05) is 18.8 Å². The molecule has 21 heavy (non-hydrogen) atoms. The van der Waals surface area contributed by atoms with E-state index in [9.17, 15) is 0 Å². The number of hydrogen-bond donors (Lipinski definition) is 1. The minimum Gasteiger partial charge on any atom is -0.493 e. The molecule has 0 spiro atoms. The normalized spacial score (nSPS) is 14.9. The molecule has 0 radical (unpaired) electrons. The topological polar surface area (TPSA) is 39.1 Å². The third-order valence-electron chi connectivity index (χ3n) is 4.02. The Morgan fingerprint density at radius 3 is 2.95 bits per heavy atom. The van der Waals surface area contributed by atoms with Crippen molar-refractivity contribution in [2.75, 3.05) is 13.7 Å². The number of halogens is 1. The maximum atomic E-state index is 5.83. The van der Waals surface area contributed by atoms with Crippen LogP contribution in [0.15, 0.2) is 22.8 Å². The largest absolute Gasteiger partial charge is 0.493 e. The molecule has 0 amide bonds. The first-order valence-corrected chi connectivity index (χ1v) is 7.99. The third-order valence-corrected chi connectivity index (χ3v) is 4.48. The Morgan fingerprint density at radius 1 is 1.48 bits per heavy atom. The molecule has 112 valence electrons. The number of fused-ring (bicyclic) bond motifs is 1. The van der Waals surface area contributed by atoms with Crippen LogP contribution in [0.1, 0.15) is 28.4 Å². The molecule has 5 heteroatoms. The third kappa shape index (κ3) is 2.85. The van der Waals surface area contributed by atoms with Crippen LogP contribution in [0.3, 0.4) is 0 Å². The van der Waals surface area contributed by atoms with Crippen molar-refractivity contribution in [3.63, 3.8) is 0 Å². The molecular weight excluding hydrogens is 330 g/mol. The molecule has 1 N–H and O–H groups in total. The first kappa shape index (κ1) is 14.6. The molecule has 0 bridgehead atoms. The van der Waals surface area contributed by atoms with Crippen LogP contribution >= 0.6 is 15.9 Å². The molecule has 1 aliphatic heterocycles. The molecule has 4 nitrogen and oxygen atoms in total. The maximum absolute atomic E-state index is 5.83. The van der Waals surface area contributed by atoms with E-state index in [0.29, 0.717) is 0 Å². The molecule has 1 aromatic carbocycles. The number of aryl methyl sites for hydroxylation is 2. The Hall–Kier alpha value is -1.33. The van der Waals surface area contributed by atoms with Gasteiger partial charge in [-0.1, -0.05) is 15.9 Å². The summed E-state index contributed by atoms with van der Waals surface area (Å²) in [4.78, 5) is 0. The van der Waals surface area contributed by atoms with Crippen LogP contribution in [0.5, 0.6) is 5.75 Å². The summed E-state index contributed by atoms with van der Waals surface area (Å²) in [5, 5.41) is 7.86. The van der Waals surface area contributed by atoms with Crippen molar-refractivity contribution in [3.8, 4) is 5.75 Å². The summed E-state index contributed by atoms with van der Waals surface area (Å²) in [6.07, 6.45) is 3.98. The van der Waals surface area contributed by atoms with Gasteiger partial charge in [0.1, 0.15) is 5.75 Å². The van der Waals surface area contributed by atoms with Crippen LogP contribution in [-0.4, -0.2) is 23.4 Å². The highest BCUT2D eigenvalue weighted by atomic mass is 79.9. The van der Waals surface area contributed by atoms with Crippen LogP contribution < -0.4 is 10.1 Å². The minimum absolute atomic E-state index is 0.237. The first-order chi connectivity index (χ1) is 10.1. The summed E-state index contributed by atoms with van der Waals surface area (Å²) < 4.78 is 8.83. The van der Waals surface area contributed by atoms with Crippen molar-refractivity contribution in [2.45, 2.75) is 25.8 Å². The molecule has 2 aromatic rings. The first-order valence-electron chi connectivity index (χ1n) is 7.20. The average Bonchev–Trinajstić information content (AvgIpc) is 3.02. The SMILES string of the molecule is CNC(Cc1cc(Br)cc2c1OCC2)c1cn(C)nc1C. The number of rotatable bonds is 4. The highest BCUT2D eigenvalue weighted by Gasteiger charge is 2.22. The van der Waals surface area contributed by atoms with Crippen LogP contribution in [0.2, 0.25) is 0 Å². The van der Waals surface area contributed by atoms with Crippen molar-refractivity contribution in [2.24, 2.45) is 7.05 Å². The standard InChI is InChI=1S/C16H20BrN3O/c1-10-14(9-20(3)19-10)15(18-2)8-12-7-13(17)6-11-4-5-21-16(11)12/h6-7,9,15,18H,4-5,8H2,1-3H3. The fraction of sp³-hybridized carbons (Fsp3) is 0.438. The Labute approximate surface area is 133 Å².